The van der Waals surface area contributed by atoms with E-state index < -0.39 is 18.0 Å². The van der Waals surface area contributed by atoms with E-state index in [2.05, 4.69) is 15.0 Å². The molecule has 7 nitrogen and oxygen atoms in total. The number of anilines is 1. The molecule has 2 aromatic heterocycles. The highest BCUT2D eigenvalue weighted by atomic mass is 19.1. The number of nitrogen functional groups attached to an aromatic ring is 1. The van der Waals surface area contributed by atoms with Crippen molar-refractivity contribution in [3.63, 3.8) is 0 Å². The number of nitrogens with two attached hydrogens (primary N) is 1. The van der Waals surface area contributed by atoms with Gasteiger partial charge in [0.25, 0.3) is 0 Å². The van der Waals surface area contributed by atoms with Gasteiger partial charge in [0.1, 0.15) is 18.0 Å². The topological polar surface area (TPSA) is 99.1 Å². The standard InChI is InChI=1S/C11H14FN5O2/c1-11(3-18)2-6(12)10(19-11)17-5-16-7-8(13)14-4-15-9(7)17/h4-6,10,18H,2-3H2,1H3,(H2,13,14,15). The zero-order chi connectivity index (χ0) is 13.6. The molecule has 19 heavy (non-hydrogen) atoms. The van der Waals surface area contributed by atoms with Gasteiger partial charge < -0.3 is 15.6 Å². The Hall–Kier alpha value is -1.80. The minimum Gasteiger partial charge on any atom is -0.393 e. The van der Waals surface area contributed by atoms with Gasteiger partial charge in [-0.3, -0.25) is 4.57 Å². The van der Waals surface area contributed by atoms with Crippen LogP contribution < -0.4 is 5.73 Å². The maximum Gasteiger partial charge on any atom is 0.168 e. The average molecular weight is 267 g/mol. The number of alkyl halides is 1. The van der Waals surface area contributed by atoms with Crippen LogP contribution in [0.15, 0.2) is 12.7 Å². The van der Waals surface area contributed by atoms with Gasteiger partial charge in [0.05, 0.1) is 18.5 Å². The number of rotatable bonds is 2. The normalized spacial score (nSPS) is 31.1. The number of fused-ring (bicyclic) bond motifs is 1. The lowest BCUT2D eigenvalue weighted by Crippen LogP contribution is -2.28. The Morgan fingerprint density at radius 1 is 1.58 bits per heavy atom. The van der Waals surface area contributed by atoms with Gasteiger partial charge in [-0.1, -0.05) is 0 Å². The highest BCUT2D eigenvalue weighted by Crippen LogP contribution is 2.39. The SMILES string of the molecule is CC1(CO)CC(F)C(n2cnc3c(N)ncnc32)O1. The zero-order valence-electron chi connectivity index (χ0n) is 10.3. The van der Waals surface area contributed by atoms with E-state index in [9.17, 15) is 9.50 Å². The fourth-order valence-corrected chi connectivity index (χ4v) is 2.32. The Bertz CT molecular complexity index is 618. The van der Waals surface area contributed by atoms with Crippen molar-refractivity contribution in [2.24, 2.45) is 0 Å². The van der Waals surface area contributed by atoms with Crippen molar-refractivity contribution in [1.29, 1.82) is 0 Å². The predicted octanol–water partition coefficient (Wildman–Crippen LogP) is 0.416. The first-order chi connectivity index (χ1) is 9.04. The lowest BCUT2D eigenvalue weighted by Gasteiger charge is -2.21. The van der Waals surface area contributed by atoms with E-state index in [0.717, 1.165) is 0 Å². The summed E-state index contributed by atoms with van der Waals surface area (Å²) >= 11 is 0. The van der Waals surface area contributed by atoms with E-state index in [4.69, 9.17) is 10.5 Å². The molecule has 1 fully saturated rings. The van der Waals surface area contributed by atoms with Crippen molar-refractivity contribution in [2.45, 2.75) is 31.3 Å². The second kappa shape index (κ2) is 4.10. The van der Waals surface area contributed by atoms with Gasteiger partial charge in [-0.2, -0.15) is 0 Å². The number of hydrogen-bond donors (Lipinski definition) is 2. The first kappa shape index (κ1) is 12.2. The zero-order valence-corrected chi connectivity index (χ0v) is 10.3. The largest absolute Gasteiger partial charge is 0.393 e. The van der Waals surface area contributed by atoms with Gasteiger partial charge in [-0.05, 0) is 6.92 Å². The number of aliphatic hydroxyl groups is 1. The van der Waals surface area contributed by atoms with Gasteiger partial charge >= 0.3 is 0 Å². The lowest BCUT2D eigenvalue weighted by atomic mass is 10.0. The minimum atomic E-state index is -1.24. The molecule has 3 heterocycles. The van der Waals surface area contributed by atoms with Crippen LogP contribution >= 0.6 is 0 Å². The molecular formula is C11H14FN5O2. The van der Waals surface area contributed by atoms with E-state index in [0.29, 0.717) is 11.2 Å². The van der Waals surface area contributed by atoms with Gasteiger partial charge in [-0.25, -0.2) is 19.3 Å². The molecule has 0 saturated carbocycles. The van der Waals surface area contributed by atoms with Crippen molar-refractivity contribution in [1.82, 2.24) is 19.5 Å². The van der Waals surface area contributed by atoms with Gasteiger partial charge in [0, 0.05) is 6.42 Å². The molecule has 3 N–H and O–H groups in total. The number of ether oxygens (including phenoxy) is 1. The molecule has 1 aliphatic rings. The number of halogens is 1. The highest BCUT2D eigenvalue weighted by Gasteiger charge is 2.45. The van der Waals surface area contributed by atoms with Crippen LogP contribution in [0.5, 0.6) is 0 Å². The van der Waals surface area contributed by atoms with E-state index in [1.807, 2.05) is 0 Å². The van der Waals surface area contributed by atoms with Crippen LogP contribution in [0, 0.1) is 0 Å². The summed E-state index contributed by atoms with van der Waals surface area (Å²) in [7, 11) is 0. The average Bonchev–Trinajstić information content (AvgIpc) is 2.92. The molecule has 0 radical (unpaired) electrons. The van der Waals surface area contributed by atoms with Gasteiger partial charge in [0.15, 0.2) is 17.7 Å². The third kappa shape index (κ3) is 1.83. The van der Waals surface area contributed by atoms with Crippen LogP contribution in [0.3, 0.4) is 0 Å². The van der Waals surface area contributed by atoms with Crippen LogP contribution in [0.2, 0.25) is 0 Å². The van der Waals surface area contributed by atoms with Crippen LogP contribution in [0.25, 0.3) is 11.2 Å². The fraction of sp³-hybridized carbons (Fsp3) is 0.545. The summed E-state index contributed by atoms with van der Waals surface area (Å²) in [4.78, 5) is 12.0. The van der Waals surface area contributed by atoms with Gasteiger partial charge in [0.2, 0.25) is 0 Å². The molecule has 8 heteroatoms. The van der Waals surface area contributed by atoms with E-state index in [1.165, 1.54) is 17.2 Å². The first-order valence-corrected chi connectivity index (χ1v) is 5.90. The Balaban J connectivity index is 2.04. The number of aromatic nitrogens is 4. The van der Waals surface area contributed by atoms with E-state index >= 15 is 0 Å². The van der Waals surface area contributed by atoms with Crippen molar-refractivity contribution in [3.8, 4) is 0 Å². The quantitative estimate of drug-likeness (QED) is 0.818. The number of aliphatic hydroxyl groups excluding tert-OH is 1. The third-order valence-electron chi connectivity index (χ3n) is 3.34. The molecule has 0 aromatic carbocycles. The minimum absolute atomic E-state index is 0.119. The van der Waals surface area contributed by atoms with E-state index in [-0.39, 0.29) is 18.8 Å². The molecule has 3 unspecified atom stereocenters. The summed E-state index contributed by atoms with van der Waals surface area (Å²) in [5.74, 6) is 0.238. The maximum absolute atomic E-state index is 14.1. The first-order valence-electron chi connectivity index (χ1n) is 5.90. The monoisotopic (exact) mass is 267 g/mol. The predicted molar refractivity (Wildman–Crippen MR) is 64.9 cm³/mol. The molecule has 3 rings (SSSR count). The summed E-state index contributed by atoms with van der Waals surface area (Å²) < 4.78 is 21.2. The summed E-state index contributed by atoms with van der Waals surface area (Å²) in [5, 5.41) is 9.25. The number of hydrogen-bond acceptors (Lipinski definition) is 6. The van der Waals surface area contributed by atoms with Crippen molar-refractivity contribution in [2.75, 3.05) is 12.3 Å². The van der Waals surface area contributed by atoms with Crippen molar-refractivity contribution in [3.05, 3.63) is 12.7 Å². The molecule has 1 aliphatic heterocycles. The Morgan fingerprint density at radius 3 is 3.05 bits per heavy atom. The molecule has 0 aliphatic carbocycles. The molecule has 3 atom stereocenters. The Morgan fingerprint density at radius 2 is 2.37 bits per heavy atom. The van der Waals surface area contributed by atoms with Crippen LogP contribution in [0.4, 0.5) is 10.2 Å². The number of imidazole rings is 1. The van der Waals surface area contributed by atoms with Crippen LogP contribution in [-0.2, 0) is 4.74 Å². The second-order valence-corrected chi connectivity index (χ2v) is 4.92. The van der Waals surface area contributed by atoms with Crippen LogP contribution in [-0.4, -0.2) is 43.0 Å². The summed E-state index contributed by atoms with van der Waals surface area (Å²) in [6.45, 7) is 1.43. The molecule has 2 aromatic rings. The molecule has 0 amide bonds. The van der Waals surface area contributed by atoms with E-state index in [1.54, 1.807) is 6.92 Å². The lowest BCUT2D eigenvalue weighted by molar-refractivity contribution is -0.0922. The highest BCUT2D eigenvalue weighted by molar-refractivity contribution is 5.81. The number of nitrogens with zero attached hydrogens (tertiary/aromatic N) is 4. The van der Waals surface area contributed by atoms with Crippen molar-refractivity contribution < 1.29 is 14.2 Å². The summed E-state index contributed by atoms with van der Waals surface area (Å²) in [6.07, 6.45) is 0.732. The Labute approximate surface area is 108 Å². The molecule has 0 spiro atoms. The van der Waals surface area contributed by atoms with Gasteiger partial charge in [-0.15, -0.1) is 0 Å². The summed E-state index contributed by atoms with van der Waals surface area (Å²) in [5.41, 5.74) is 5.62. The third-order valence-corrected chi connectivity index (χ3v) is 3.34. The maximum atomic E-state index is 14.1. The fourth-order valence-electron chi connectivity index (χ4n) is 2.32. The molecular weight excluding hydrogens is 253 g/mol. The van der Waals surface area contributed by atoms with Crippen molar-refractivity contribution >= 4 is 17.0 Å². The molecule has 0 bridgehead atoms. The molecule has 1 saturated heterocycles. The smallest absolute Gasteiger partial charge is 0.168 e. The van der Waals surface area contributed by atoms with Crippen LogP contribution in [0.1, 0.15) is 19.6 Å². The summed E-state index contributed by atoms with van der Waals surface area (Å²) in [6, 6.07) is 0. The Kier molecular flexibility index (Phi) is 2.64. The second-order valence-electron chi connectivity index (χ2n) is 4.92. The molecule has 102 valence electrons.